The summed E-state index contributed by atoms with van der Waals surface area (Å²) < 4.78 is 0. The maximum absolute atomic E-state index is 8.66. The van der Waals surface area contributed by atoms with Crippen LogP contribution in [0.25, 0.3) is 0 Å². The Bertz CT molecular complexity index is 376. The summed E-state index contributed by atoms with van der Waals surface area (Å²) in [5, 5.41) is 15.1. The molecule has 0 saturated carbocycles. The molecule has 0 atom stereocenters. The van der Waals surface area contributed by atoms with Gasteiger partial charge in [-0.1, -0.05) is 25.1 Å². The van der Waals surface area contributed by atoms with Crippen molar-refractivity contribution in [3.63, 3.8) is 0 Å². The minimum atomic E-state index is -0.285. The van der Waals surface area contributed by atoms with Gasteiger partial charge in [0, 0.05) is 30.3 Å². The molecular weight excluding hydrogens is 228 g/mol. The molecule has 4 N–H and O–H groups in total. The normalized spacial score (nSPS) is 12.7. The number of nitrogens with one attached hydrogen (secondary N) is 1. The predicted molar refractivity (Wildman–Crippen MR) is 72.6 cm³/mol. The van der Waals surface area contributed by atoms with Crippen LogP contribution < -0.4 is 11.1 Å². The fourth-order valence-corrected chi connectivity index (χ4v) is 1.55. The van der Waals surface area contributed by atoms with E-state index < -0.39 is 0 Å². The second-order valence-corrected chi connectivity index (χ2v) is 4.94. The number of aromatic nitrogens is 1. The summed E-state index contributed by atoms with van der Waals surface area (Å²) in [6.45, 7) is 5.63. The van der Waals surface area contributed by atoms with Gasteiger partial charge in [-0.2, -0.15) is 0 Å². The highest BCUT2D eigenvalue weighted by atomic mass is 16.4. The van der Waals surface area contributed by atoms with Crippen molar-refractivity contribution in [2.45, 2.75) is 26.7 Å². The molecule has 1 heterocycles. The van der Waals surface area contributed by atoms with Gasteiger partial charge < -0.3 is 16.3 Å². The SMILES string of the molecule is CC(C)(CCNCCc1ccccn1)C(N)=NO. The van der Waals surface area contributed by atoms with E-state index in [1.807, 2.05) is 32.0 Å². The van der Waals surface area contributed by atoms with Crippen LogP contribution in [0.5, 0.6) is 0 Å². The van der Waals surface area contributed by atoms with Gasteiger partial charge in [-0.05, 0) is 25.1 Å². The van der Waals surface area contributed by atoms with E-state index >= 15 is 0 Å². The molecule has 0 spiro atoms. The van der Waals surface area contributed by atoms with Gasteiger partial charge in [0.2, 0.25) is 0 Å². The van der Waals surface area contributed by atoms with Crippen molar-refractivity contribution in [2.75, 3.05) is 13.1 Å². The van der Waals surface area contributed by atoms with Gasteiger partial charge in [-0.25, -0.2) is 0 Å². The van der Waals surface area contributed by atoms with Gasteiger partial charge in [0.05, 0.1) is 0 Å². The van der Waals surface area contributed by atoms with Crippen LogP contribution >= 0.6 is 0 Å². The van der Waals surface area contributed by atoms with Crippen LogP contribution in [-0.2, 0) is 6.42 Å². The number of rotatable bonds is 7. The van der Waals surface area contributed by atoms with Crippen molar-refractivity contribution >= 4 is 5.84 Å². The molecule has 0 unspecified atom stereocenters. The monoisotopic (exact) mass is 250 g/mol. The van der Waals surface area contributed by atoms with Crippen LogP contribution in [0.3, 0.4) is 0 Å². The Morgan fingerprint density at radius 1 is 1.44 bits per heavy atom. The second kappa shape index (κ2) is 6.96. The quantitative estimate of drug-likeness (QED) is 0.224. The molecule has 5 nitrogen and oxygen atoms in total. The highest BCUT2D eigenvalue weighted by Gasteiger charge is 2.22. The molecule has 0 fully saturated rings. The molecule has 1 aromatic rings. The first-order valence-electron chi connectivity index (χ1n) is 6.15. The largest absolute Gasteiger partial charge is 0.409 e. The van der Waals surface area contributed by atoms with E-state index in [0.29, 0.717) is 0 Å². The number of hydrogen-bond donors (Lipinski definition) is 3. The third kappa shape index (κ3) is 4.71. The fourth-order valence-electron chi connectivity index (χ4n) is 1.55. The Balaban J connectivity index is 2.20. The molecule has 0 radical (unpaired) electrons. The molecule has 1 rings (SSSR count). The van der Waals surface area contributed by atoms with E-state index in [1.165, 1.54) is 0 Å². The van der Waals surface area contributed by atoms with Gasteiger partial charge in [-0.15, -0.1) is 0 Å². The summed E-state index contributed by atoms with van der Waals surface area (Å²) in [6.07, 6.45) is 3.53. The van der Waals surface area contributed by atoms with Crippen molar-refractivity contribution in [1.29, 1.82) is 0 Å². The molecular formula is C13H22N4O. The third-order valence-electron chi connectivity index (χ3n) is 3.01. The summed E-state index contributed by atoms with van der Waals surface area (Å²) >= 11 is 0. The zero-order valence-corrected chi connectivity index (χ0v) is 11.1. The molecule has 1 aromatic heterocycles. The first kappa shape index (κ1) is 14.4. The topological polar surface area (TPSA) is 83.5 Å². The summed E-state index contributed by atoms with van der Waals surface area (Å²) in [5.41, 5.74) is 6.42. The van der Waals surface area contributed by atoms with Gasteiger partial charge in [0.15, 0.2) is 0 Å². The smallest absolute Gasteiger partial charge is 0.144 e. The molecule has 100 valence electrons. The summed E-state index contributed by atoms with van der Waals surface area (Å²) in [5.74, 6) is 0.272. The zero-order valence-electron chi connectivity index (χ0n) is 11.1. The highest BCUT2D eigenvalue weighted by Crippen LogP contribution is 2.19. The molecule has 0 amide bonds. The third-order valence-corrected chi connectivity index (χ3v) is 3.01. The van der Waals surface area contributed by atoms with Crippen molar-refractivity contribution < 1.29 is 5.21 Å². The van der Waals surface area contributed by atoms with E-state index in [4.69, 9.17) is 10.9 Å². The molecule has 0 aliphatic carbocycles. The van der Waals surface area contributed by atoms with Gasteiger partial charge in [-0.3, -0.25) is 4.98 Å². The van der Waals surface area contributed by atoms with Crippen LogP contribution in [0.4, 0.5) is 0 Å². The van der Waals surface area contributed by atoms with Crippen LogP contribution in [0.2, 0.25) is 0 Å². The van der Waals surface area contributed by atoms with Crippen LogP contribution in [-0.4, -0.2) is 29.1 Å². The zero-order chi connectivity index (χ0) is 13.4. The van der Waals surface area contributed by atoms with E-state index in [9.17, 15) is 0 Å². The lowest BCUT2D eigenvalue weighted by molar-refractivity contribution is 0.305. The number of amidine groups is 1. The number of pyridine rings is 1. The number of oxime groups is 1. The first-order valence-corrected chi connectivity index (χ1v) is 6.15. The summed E-state index contributed by atoms with van der Waals surface area (Å²) in [4.78, 5) is 4.25. The Morgan fingerprint density at radius 3 is 2.83 bits per heavy atom. The van der Waals surface area contributed by atoms with Gasteiger partial charge in [0.25, 0.3) is 0 Å². The van der Waals surface area contributed by atoms with Crippen LogP contribution in [0, 0.1) is 5.41 Å². The van der Waals surface area contributed by atoms with E-state index in [-0.39, 0.29) is 11.3 Å². The molecule has 0 aliphatic heterocycles. The first-order chi connectivity index (χ1) is 8.56. The molecule has 0 saturated heterocycles. The molecule has 18 heavy (non-hydrogen) atoms. The number of nitrogens with two attached hydrogens (primary N) is 1. The average molecular weight is 250 g/mol. The Morgan fingerprint density at radius 2 is 2.22 bits per heavy atom. The molecule has 5 heteroatoms. The maximum atomic E-state index is 8.66. The van der Waals surface area contributed by atoms with E-state index in [0.717, 1.165) is 31.6 Å². The minimum absolute atomic E-state index is 0.272. The Kier molecular flexibility index (Phi) is 5.58. The van der Waals surface area contributed by atoms with Gasteiger partial charge >= 0.3 is 0 Å². The van der Waals surface area contributed by atoms with E-state index in [2.05, 4.69) is 15.5 Å². The number of nitrogens with zero attached hydrogens (tertiary/aromatic N) is 2. The van der Waals surface area contributed by atoms with Crippen molar-refractivity contribution in [3.05, 3.63) is 30.1 Å². The average Bonchev–Trinajstić information content (AvgIpc) is 2.38. The lowest BCUT2D eigenvalue weighted by atomic mass is 9.88. The predicted octanol–water partition coefficient (Wildman–Crippen LogP) is 1.38. The Labute approximate surface area is 108 Å². The standard InChI is InChI=1S/C13H22N4O/c1-13(2,12(14)17-18)7-10-15-9-6-11-5-3-4-8-16-11/h3-5,8,15,18H,6-7,9-10H2,1-2H3,(H2,14,17). The molecule has 0 aromatic carbocycles. The summed E-state index contributed by atoms with van der Waals surface area (Å²) in [7, 11) is 0. The van der Waals surface area contributed by atoms with Crippen LogP contribution in [0.1, 0.15) is 26.0 Å². The lowest BCUT2D eigenvalue weighted by Gasteiger charge is -2.22. The van der Waals surface area contributed by atoms with Gasteiger partial charge in [0.1, 0.15) is 5.84 Å². The lowest BCUT2D eigenvalue weighted by Crippen LogP contribution is -2.35. The fraction of sp³-hybridized carbons (Fsp3) is 0.538. The van der Waals surface area contributed by atoms with Crippen molar-refractivity contribution in [1.82, 2.24) is 10.3 Å². The van der Waals surface area contributed by atoms with Crippen LogP contribution in [0.15, 0.2) is 29.6 Å². The Hall–Kier alpha value is -1.62. The van der Waals surface area contributed by atoms with E-state index in [1.54, 1.807) is 6.20 Å². The molecule has 0 aliphatic rings. The number of hydrogen-bond acceptors (Lipinski definition) is 4. The maximum Gasteiger partial charge on any atom is 0.144 e. The minimum Gasteiger partial charge on any atom is -0.409 e. The highest BCUT2D eigenvalue weighted by molar-refractivity contribution is 5.85. The molecule has 0 bridgehead atoms. The van der Waals surface area contributed by atoms with Crippen molar-refractivity contribution in [3.8, 4) is 0 Å². The second-order valence-electron chi connectivity index (χ2n) is 4.94. The summed E-state index contributed by atoms with van der Waals surface area (Å²) in [6, 6.07) is 5.92. The van der Waals surface area contributed by atoms with Crippen molar-refractivity contribution in [2.24, 2.45) is 16.3 Å².